The Kier molecular flexibility index (Phi) is 3.81. The smallest absolute Gasteiger partial charge is 0.255 e. The van der Waals surface area contributed by atoms with E-state index in [0.29, 0.717) is 16.8 Å². The Morgan fingerprint density at radius 3 is 2.68 bits per heavy atom. The van der Waals surface area contributed by atoms with Crippen molar-refractivity contribution >= 4 is 23.2 Å². The minimum atomic E-state index is -0.467. The third kappa shape index (κ3) is 3.09. The highest BCUT2D eigenvalue weighted by molar-refractivity contribution is 6.29. The second-order valence-corrected chi connectivity index (χ2v) is 4.59. The van der Waals surface area contributed by atoms with Gasteiger partial charge in [0.05, 0.1) is 5.69 Å². The number of aryl methyl sites for hydroxylation is 2. The zero-order valence-electron chi connectivity index (χ0n) is 10.5. The third-order valence-corrected chi connectivity index (χ3v) is 2.84. The number of benzene rings is 1. The van der Waals surface area contributed by atoms with Crippen LogP contribution in [0.3, 0.4) is 0 Å². The molecule has 0 unspecified atom stereocenters. The molecule has 0 radical (unpaired) electrons. The molecule has 1 heterocycles. The van der Waals surface area contributed by atoms with Crippen LogP contribution in [-0.2, 0) is 0 Å². The van der Waals surface area contributed by atoms with Crippen molar-refractivity contribution in [3.8, 4) is 0 Å². The predicted molar refractivity (Wildman–Crippen MR) is 73.1 cm³/mol. The molecule has 1 aromatic heterocycles. The zero-order chi connectivity index (χ0) is 14.0. The fraction of sp³-hybridized carbons (Fsp3) is 0.143. The Morgan fingerprint density at radius 2 is 2.05 bits per heavy atom. The van der Waals surface area contributed by atoms with Crippen LogP contribution in [0.15, 0.2) is 30.3 Å². The molecule has 2 aromatic rings. The largest absolute Gasteiger partial charge is 0.319 e. The van der Waals surface area contributed by atoms with Gasteiger partial charge in [0.15, 0.2) is 0 Å². The summed E-state index contributed by atoms with van der Waals surface area (Å²) in [5.41, 5.74) is 1.81. The van der Waals surface area contributed by atoms with Gasteiger partial charge < -0.3 is 5.32 Å². The number of halogens is 2. The van der Waals surface area contributed by atoms with Gasteiger partial charge in [-0.15, -0.1) is 0 Å². The lowest BCUT2D eigenvalue weighted by molar-refractivity contribution is 0.102. The Labute approximate surface area is 115 Å². The average molecular weight is 279 g/mol. The highest BCUT2D eigenvalue weighted by atomic mass is 35.5. The number of nitrogens with one attached hydrogen (secondary N) is 1. The maximum Gasteiger partial charge on any atom is 0.255 e. The Balaban J connectivity index is 2.31. The summed E-state index contributed by atoms with van der Waals surface area (Å²) in [6.07, 6.45) is 0. The number of hydrogen-bond donors (Lipinski definition) is 1. The number of rotatable bonds is 2. The monoisotopic (exact) mass is 278 g/mol. The standard InChI is InChI=1S/C14H12ClFN2O/c1-8-4-3-5-11(16)13(8)18-14(19)10-6-9(2)17-12(15)7-10/h3-7H,1-2H3,(H,18,19). The number of anilines is 1. The van der Waals surface area contributed by atoms with E-state index in [9.17, 15) is 9.18 Å². The quantitative estimate of drug-likeness (QED) is 0.850. The third-order valence-electron chi connectivity index (χ3n) is 2.64. The number of aromatic nitrogens is 1. The predicted octanol–water partition coefficient (Wildman–Crippen LogP) is 3.74. The van der Waals surface area contributed by atoms with E-state index in [1.807, 2.05) is 0 Å². The summed E-state index contributed by atoms with van der Waals surface area (Å²) < 4.78 is 13.6. The van der Waals surface area contributed by atoms with Gasteiger partial charge in [0, 0.05) is 11.3 Å². The van der Waals surface area contributed by atoms with Gasteiger partial charge in [0.25, 0.3) is 5.91 Å². The molecule has 19 heavy (non-hydrogen) atoms. The summed E-state index contributed by atoms with van der Waals surface area (Å²) in [7, 11) is 0. The number of para-hydroxylation sites is 1. The first-order valence-corrected chi connectivity index (χ1v) is 6.06. The maximum atomic E-state index is 13.6. The van der Waals surface area contributed by atoms with Gasteiger partial charge in [0.2, 0.25) is 0 Å². The minimum Gasteiger partial charge on any atom is -0.319 e. The number of carbonyl (C=O) groups excluding carboxylic acids is 1. The van der Waals surface area contributed by atoms with Crippen molar-refractivity contribution < 1.29 is 9.18 Å². The fourth-order valence-corrected chi connectivity index (χ4v) is 1.99. The maximum absolute atomic E-state index is 13.6. The Bertz CT molecular complexity index is 603. The molecule has 0 fully saturated rings. The Hall–Kier alpha value is -1.94. The second-order valence-electron chi connectivity index (χ2n) is 4.21. The number of pyridine rings is 1. The van der Waals surface area contributed by atoms with Gasteiger partial charge in [-0.1, -0.05) is 23.7 Å². The van der Waals surface area contributed by atoms with Crippen LogP contribution in [0.2, 0.25) is 5.15 Å². The van der Waals surface area contributed by atoms with Crippen LogP contribution in [0.1, 0.15) is 21.6 Å². The van der Waals surface area contributed by atoms with Crippen molar-refractivity contribution in [3.63, 3.8) is 0 Å². The van der Waals surface area contributed by atoms with Gasteiger partial charge in [-0.3, -0.25) is 4.79 Å². The molecule has 0 aliphatic heterocycles. The van der Waals surface area contributed by atoms with E-state index in [4.69, 9.17) is 11.6 Å². The van der Waals surface area contributed by atoms with Crippen LogP contribution in [0.4, 0.5) is 10.1 Å². The molecule has 0 atom stereocenters. The van der Waals surface area contributed by atoms with E-state index in [1.165, 1.54) is 12.1 Å². The van der Waals surface area contributed by atoms with Crippen molar-refractivity contribution in [1.29, 1.82) is 0 Å². The van der Waals surface area contributed by atoms with E-state index in [-0.39, 0.29) is 10.8 Å². The first kappa shape index (κ1) is 13.5. The molecule has 0 saturated carbocycles. The molecule has 3 nitrogen and oxygen atoms in total. The summed E-state index contributed by atoms with van der Waals surface area (Å²) >= 11 is 5.79. The van der Waals surface area contributed by atoms with Gasteiger partial charge in [-0.2, -0.15) is 0 Å². The van der Waals surface area contributed by atoms with Crippen LogP contribution >= 0.6 is 11.6 Å². The number of carbonyl (C=O) groups is 1. The SMILES string of the molecule is Cc1cc(C(=O)Nc2c(C)cccc2F)cc(Cl)n1. The number of amides is 1. The van der Waals surface area contributed by atoms with Gasteiger partial charge >= 0.3 is 0 Å². The molecule has 2 rings (SSSR count). The topological polar surface area (TPSA) is 42.0 Å². The van der Waals surface area contributed by atoms with Gasteiger partial charge in [0.1, 0.15) is 11.0 Å². The number of nitrogens with zero attached hydrogens (tertiary/aromatic N) is 1. The molecule has 5 heteroatoms. The van der Waals surface area contributed by atoms with Crippen molar-refractivity contribution in [3.05, 3.63) is 58.1 Å². The van der Waals surface area contributed by atoms with Crippen LogP contribution in [0, 0.1) is 19.7 Å². The van der Waals surface area contributed by atoms with Crippen LogP contribution in [0.5, 0.6) is 0 Å². The van der Waals surface area contributed by atoms with E-state index in [0.717, 1.165) is 0 Å². The zero-order valence-corrected chi connectivity index (χ0v) is 11.3. The normalized spacial score (nSPS) is 10.3. The molecule has 98 valence electrons. The van der Waals surface area contributed by atoms with Crippen molar-refractivity contribution in [2.24, 2.45) is 0 Å². The van der Waals surface area contributed by atoms with Crippen molar-refractivity contribution in [2.75, 3.05) is 5.32 Å². The summed E-state index contributed by atoms with van der Waals surface area (Å²) in [6, 6.07) is 7.65. The lowest BCUT2D eigenvalue weighted by Gasteiger charge is -2.09. The first-order chi connectivity index (χ1) is 8.97. The molecule has 1 amide bonds. The molecule has 0 aliphatic carbocycles. The number of hydrogen-bond acceptors (Lipinski definition) is 2. The second kappa shape index (κ2) is 5.36. The van der Waals surface area contributed by atoms with E-state index < -0.39 is 11.7 Å². The van der Waals surface area contributed by atoms with Crippen LogP contribution < -0.4 is 5.32 Å². The van der Waals surface area contributed by atoms with E-state index >= 15 is 0 Å². The molecule has 0 saturated heterocycles. The molecule has 1 aromatic carbocycles. The summed E-state index contributed by atoms with van der Waals surface area (Å²) in [5.74, 6) is -0.883. The van der Waals surface area contributed by atoms with E-state index in [1.54, 1.807) is 32.0 Å². The summed E-state index contributed by atoms with van der Waals surface area (Å²) in [5, 5.41) is 2.78. The Morgan fingerprint density at radius 1 is 1.32 bits per heavy atom. The molecular formula is C14H12ClFN2O. The van der Waals surface area contributed by atoms with Crippen LogP contribution in [-0.4, -0.2) is 10.9 Å². The van der Waals surface area contributed by atoms with Crippen molar-refractivity contribution in [2.45, 2.75) is 13.8 Å². The van der Waals surface area contributed by atoms with Gasteiger partial charge in [-0.25, -0.2) is 9.37 Å². The first-order valence-electron chi connectivity index (χ1n) is 5.68. The molecule has 0 bridgehead atoms. The van der Waals surface area contributed by atoms with Crippen LogP contribution in [0.25, 0.3) is 0 Å². The average Bonchev–Trinajstić information content (AvgIpc) is 2.32. The lowest BCUT2D eigenvalue weighted by Crippen LogP contribution is -2.14. The summed E-state index contributed by atoms with van der Waals surface area (Å²) in [4.78, 5) is 16.0. The molecular weight excluding hydrogens is 267 g/mol. The molecule has 1 N–H and O–H groups in total. The highest BCUT2D eigenvalue weighted by Crippen LogP contribution is 2.20. The van der Waals surface area contributed by atoms with Gasteiger partial charge in [-0.05, 0) is 37.6 Å². The summed E-state index contributed by atoms with van der Waals surface area (Å²) in [6.45, 7) is 3.46. The van der Waals surface area contributed by atoms with E-state index in [2.05, 4.69) is 10.3 Å². The minimum absolute atomic E-state index is 0.179. The molecule has 0 spiro atoms. The lowest BCUT2D eigenvalue weighted by atomic mass is 10.1. The molecule has 0 aliphatic rings. The highest BCUT2D eigenvalue weighted by Gasteiger charge is 2.12. The fourth-order valence-electron chi connectivity index (χ4n) is 1.74. The van der Waals surface area contributed by atoms with Crippen molar-refractivity contribution in [1.82, 2.24) is 4.98 Å².